The molecule has 1 N–H and O–H groups in total. The van der Waals surface area contributed by atoms with Gasteiger partial charge in [-0.25, -0.2) is 0 Å². The average molecular weight is 313 g/mol. The van der Waals surface area contributed by atoms with E-state index < -0.39 is 0 Å². The van der Waals surface area contributed by atoms with E-state index in [0.717, 1.165) is 30.2 Å². The van der Waals surface area contributed by atoms with Gasteiger partial charge in [-0.05, 0) is 51.5 Å². The van der Waals surface area contributed by atoms with Crippen LogP contribution in [0.3, 0.4) is 0 Å². The summed E-state index contributed by atoms with van der Waals surface area (Å²) < 4.78 is 11.9. The van der Waals surface area contributed by atoms with Crippen LogP contribution in [0.1, 0.15) is 32.8 Å². The molecule has 0 spiro atoms. The van der Waals surface area contributed by atoms with E-state index in [-0.39, 0.29) is 12.2 Å². The van der Waals surface area contributed by atoms with Crippen LogP contribution in [-0.2, 0) is 0 Å². The van der Waals surface area contributed by atoms with Crippen LogP contribution in [-0.4, -0.2) is 18.8 Å². The first kappa shape index (κ1) is 17.2. The molecule has 0 heterocycles. The molecule has 0 fully saturated rings. The fraction of sp³-hybridized carbons (Fsp3) is 0.400. The van der Waals surface area contributed by atoms with Gasteiger partial charge in [0.15, 0.2) is 0 Å². The van der Waals surface area contributed by atoms with E-state index in [0.29, 0.717) is 0 Å². The summed E-state index contributed by atoms with van der Waals surface area (Å²) in [5.74, 6) is 1.80. The number of hydrogen-bond donors (Lipinski definition) is 1. The van der Waals surface area contributed by atoms with Crippen molar-refractivity contribution in [2.24, 2.45) is 0 Å². The third kappa shape index (κ3) is 5.51. The molecule has 2 aromatic rings. The van der Waals surface area contributed by atoms with Gasteiger partial charge >= 0.3 is 0 Å². The van der Waals surface area contributed by atoms with E-state index in [1.54, 1.807) is 0 Å². The quantitative estimate of drug-likeness (QED) is 0.739. The first-order valence-corrected chi connectivity index (χ1v) is 8.31. The van der Waals surface area contributed by atoms with Crippen molar-refractivity contribution in [2.75, 3.05) is 11.9 Å². The molecular weight excluding hydrogens is 286 g/mol. The van der Waals surface area contributed by atoms with Crippen LogP contribution in [0.5, 0.6) is 11.5 Å². The number of aryl methyl sites for hydroxylation is 1. The Balaban J connectivity index is 1.96. The molecule has 1 unspecified atom stereocenters. The Morgan fingerprint density at radius 3 is 2.30 bits per heavy atom. The number of nitrogens with one attached hydrogen (secondary N) is 1. The number of hydrogen-bond acceptors (Lipinski definition) is 3. The number of benzene rings is 2. The number of para-hydroxylation sites is 2. The molecule has 0 saturated heterocycles. The highest BCUT2D eigenvalue weighted by Gasteiger charge is 2.10. The van der Waals surface area contributed by atoms with Gasteiger partial charge in [0.1, 0.15) is 17.6 Å². The van der Waals surface area contributed by atoms with Crippen molar-refractivity contribution in [3.63, 3.8) is 0 Å². The van der Waals surface area contributed by atoms with Crippen molar-refractivity contribution in [3.05, 3.63) is 54.1 Å². The minimum absolute atomic E-state index is 0.116. The maximum Gasteiger partial charge on any atom is 0.142 e. The SMILES string of the molecule is CCC(CNc1ccccc1OC(C)C)Oc1ccc(C)cc1. The van der Waals surface area contributed by atoms with Crippen LogP contribution in [0, 0.1) is 6.92 Å². The van der Waals surface area contributed by atoms with Crippen LogP contribution in [0.4, 0.5) is 5.69 Å². The predicted molar refractivity (Wildman–Crippen MR) is 96.6 cm³/mol. The van der Waals surface area contributed by atoms with E-state index in [4.69, 9.17) is 9.47 Å². The van der Waals surface area contributed by atoms with Crippen molar-refractivity contribution in [1.82, 2.24) is 0 Å². The second kappa shape index (κ2) is 8.47. The Morgan fingerprint density at radius 1 is 0.957 bits per heavy atom. The molecule has 3 heteroatoms. The van der Waals surface area contributed by atoms with E-state index in [1.807, 2.05) is 50.2 Å². The predicted octanol–water partition coefficient (Wildman–Crippen LogP) is 5.05. The Morgan fingerprint density at radius 2 is 1.65 bits per heavy atom. The largest absolute Gasteiger partial charge is 0.489 e. The van der Waals surface area contributed by atoms with Crippen LogP contribution >= 0.6 is 0 Å². The Kier molecular flexibility index (Phi) is 6.33. The van der Waals surface area contributed by atoms with Crippen molar-refractivity contribution in [1.29, 1.82) is 0 Å². The number of ether oxygens (including phenoxy) is 2. The monoisotopic (exact) mass is 313 g/mol. The van der Waals surface area contributed by atoms with Gasteiger partial charge in [-0.15, -0.1) is 0 Å². The molecule has 0 amide bonds. The first-order valence-electron chi connectivity index (χ1n) is 8.31. The van der Waals surface area contributed by atoms with Gasteiger partial charge in [0.05, 0.1) is 18.3 Å². The zero-order valence-corrected chi connectivity index (χ0v) is 14.5. The van der Waals surface area contributed by atoms with Crippen LogP contribution in [0.25, 0.3) is 0 Å². The summed E-state index contributed by atoms with van der Waals surface area (Å²) in [6.07, 6.45) is 1.21. The standard InChI is InChI=1S/C20H27NO2/c1-5-17(23-18-12-10-16(4)11-13-18)14-21-19-8-6-7-9-20(19)22-15(2)3/h6-13,15,17,21H,5,14H2,1-4H3. The number of anilines is 1. The van der Waals surface area contributed by atoms with E-state index in [9.17, 15) is 0 Å². The minimum atomic E-state index is 0.116. The zero-order valence-electron chi connectivity index (χ0n) is 14.5. The lowest BCUT2D eigenvalue weighted by atomic mass is 10.2. The highest BCUT2D eigenvalue weighted by atomic mass is 16.5. The molecule has 2 rings (SSSR count). The summed E-state index contributed by atoms with van der Waals surface area (Å²) in [4.78, 5) is 0. The summed E-state index contributed by atoms with van der Waals surface area (Å²) in [7, 11) is 0. The molecule has 0 aromatic heterocycles. The molecule has 124 valence electrons. The first-order chi connectivity index (χ1) is 11.1. The van der Waals surface area contributed by atoms with Gasteiger partial charge in [-0.1, -0.05) is 36.8 Å². The van der Waals surface area contributed by atoms with Crippen molar-refractivity contribution in [3.8, 4) is 11.5 Å². The molecule has 0 aliphatic heterocycles. The van der Waals surface area contributed by atoms with Crippen LogP contribution in [0.15, 0.2) is 48.5 Å². The molecule has 0 saturated carbocycles. The summed E-state index contributed by atoms with van der Waals surface area (Å²) >= 11 is 0. The molecule has 2 aromatic carbocycles. The second-order valence-corrected chi connectivity index (χ2v) is 6.00. The maximum absolute atomic E-state index is 6.06. The van der Waals surface area contributed by atoms with E-state index in [1.165, 1.54) is 5.56 Å². The molecule has 0 aliphatic carbocycles. The molecule has 3 nitrogen and oxygen atoms in total. The number of rotatable bonds is 8. The fourth-order valence-corrected chi connectivity index (χ4v) is 2.27. The molecule has 1 atom stereocenters. The van der Waals surface area contributed by atoms with Gasteiger partial charge in [-0.2, -0.15) is 0 Å². The van der Waals surface area contributed by atoms with Gasteiger partial charge in [0.2, 0.25) is 0 Å². The van der Waals surface area contributed by atoms with Crippen LogP contribution in [0.2, 0.25) is 0 Å². The molecule has 0 radical (unpaired) electrons. The topological polar surface area (TPSA) is 30.5 Å². The molecule has 23 heavy (non-hydrogen) atoms. The summed E-state index contributed by atoms with van der Waals surface area (Å²) in [5, 5.41) is 3.45. The van der Waals surface area contributed by atoms with Gasteiger partial charge in [0, 0.05) is 0 Å². The van der Waals surface area contributed by atoms with Crippen molar-refractivity contribution >= 4 is 5.69 Å². The van der Waals surface area contributed by atoms with Gasteiger partial charge in [0.25, 0.3) is 0 Å². The highest BCUT2D eigenvalue weighted by Crippen LogP contribution is 2.25. The fourth-order valence-electron chi connectivity index (χ4n) is 2.27. The molecule has 0 aliphatic rings. The normalized spacial score (nSPS) is 12.0. The summed E-state index contributed by atoms with van der Waals surface area (Å²) in [6, 6.07) is 16.2. The third-order valence-electron chi connectivity index (χ3n) is 3.55. The van der Waals surface area contributed by atoms with Crippen molar-refractivity contribution in [2.45, 2.75) is 46.3 Å². The zero-order chi connectivity index (χ0) is 16.7. The lowest BCUT2D eigenvalue weighted by molar-refractivity contribution is 0.209. The third-order valence-corrected chi connectivity index (χ3v) is 3.55. The lowest BCUT2D eigenvalue weighted by Gasteiger charge is -2.21. The van der Waals surface area contributed by atoms with E-state index in [2.05, 4.69) is 31.3 Å². The smallest absolute Gasteiger partial charge is 0.142 e. The Labute approximate surface area is 139 Å². The summed E-state index contributed by atoms with van der Waals surface area (Å²) in [5.41, 5.74) is 2.25. The Bertz CT molecular complexity index is 593. The van der Waals surface area contributed by atoms with E-state index >= 15 is 0 Å². The molecule has 0 bridgehead atoms. The Hall–Kier alpha value is -2.16. The maximum atomic E-state index is 6.06. The minimum Gasteiger partial charge on any atom is -0.489 e. The highest BCUT2D eigenvalue weighted by molar-refractivity contribution is 5.56. The average Bonchev–Trinajstić information content (AvgIpc) is 2.54. The molecular formula is C20H27NO2. The van der Waals surface area contributed by atoms with Crippen molar-refractivity contribution < 1.29 is 9.47 Å². The van der Waals surface area contributed by atoms with Gasteiger partial charge < -0.3 is 14.8 Å². The second-order valence-electron chi connectivity index (χ2n) is 6.00. The summed E-state index contributed by atoms with van der Waals surface area (Å²) in [6.45, 7) is 9.02. The van der Waals surface area contributed by atoms with Crippen LogP contribution < -0.4 is 14.8 Å². The lowest BCUT2D eigenvalue weighted by Crippen LogP contribution is -2.25. The van der Waals surface area contributed by atoms with Gasteiger partial charge in [-0.3, -0.25) is 0 Å².